The van der Waals surface area contributed by atoms with Crippen LogP contribution in [0.5, 0.6) is 5.75 Å². The fourth-order valence-corrected chi connectivity index (χ4v) is 6.02. The fourth-order valence-electron chi connectivity index (χ4n) is 3.25. The van der Waals surface area contributed by atoms with Gasteiger partial charge in [-0.1, -0.05) is 48.6 Å². The van der Waals surface area contributed by atoms with Crippen LogP contribution in [0.25, 0.3) is 0 Å². The van der Waals surface area contributed by atoms with Crippen LogP contribution in [0.1, 0.15) is 13.3 Å². The van der Waals surface area contributed by atoms with Crippen LogP contribution in [-0.4, -0.2) is 32.1 Å². The Morgan fingerprint density at radius 3 is 2.46 bits per heavy atom. The number of ether oxygens (including phenoxy) is 1. The monoisotopic (exact) mass is 339 g/mol. The van der Waals surface area contributed by atoms with Gasteiger partial charge in [-0.05, 0) is 63.4 Å². The van der Waals surface area contributed by atoms with Gasteiger partial charge < -0.3 is 9.64 Å². The summed E-state index contributed by atoms with van der Waals surface area (Å²) in [5.74, 6) is 1.40. The Morgan fingerprint density at radius 2 is 1.88 bits per heavy atom. The predicted molar refractivity (Wildman–Crippen MR) is 105 cm³/mol. The number of hydrogen-bond donors (Lipinski definition) is 0. The van der Waals surface area contributed by atoms with E-state index < -0.39 is 7.92 Å². The van der Waals surface area contributed by atoms with Gasteiger partial charge in [-0.3, -0.25) is 0 Å². The maximum Gasteiger partial charge on any atom is 0.118 e. The smallest absolute Gasteiger partial charge is 0.118 e. The molecule has 126 valence electrons. The van der Waals surface area contributed by atoms with Crippen molar-refractivity contribution >= 4 is 13.2 Å². The van der Waals surface area contributed by atoms with Crippen LogP contribution in [0, 0.1) is 5.92 Å². The number of methoxy groups -OCH3 is 1. The molecule has 0 amide bonds. The Balaban J connectivity index is 1.96. The largest absolute Gasteiger partial charge is 0.497 e. The summed E-state index contributed by atoms with van der Waals surface area (Å²) in [6.45, 7) is 2.32. The van der Waals surface area contributed by atoms with Gasteiger partial charge in [0.1, 0.15) is 5.75 Å². The van der Waals surface area contributed by atoms with Gasteiger partial charge in [0, 0.05) is 12.0 Å². The minimum absolute atomic E-state index is 0.457. The molecule has 0 saturated carbocycles. The van der Waals surface area contributed by atoms with E-state index in [-0.39, 0.29) is 0 Å². The molecule has 2 nitrogen and oxygen atoms in total. The number of rotatable bonds is 6. The second-order valence-corrected chi connectivity index (χ2v) is 8.81. The molecule has 3 rings (SSSR count). The van der Waals surface area contributed by atoms with Crippen LogP contribution in [0.4, 0.5) is 0 Å². The van der Waals surface area contributed by atoms with Crippen molar-refractivity contribution in [1.82, 2.24) is 4.90 Å². The lowest BCUT2D eigenvalue weighted by atomic mass is 10.0. The summed E-state index contributed by atoms with van der Waals surface area (Å²) in [4.78, 5) is 2.32. The molecule has 0 saturated heterocycles. The number of nitrogens with zero attached hydrogens (tertiary/aromatic N) is 1. The average molecular weight is 339 g/mol. The van der Waals surface area contributed by atoms with Crippen LogP contribution < -0.4 is 10.0 Å². The molecule has 1 unspecified atom stereocenters. The molecule has 0 aromatic heterocycles. The van der Waals surface area contributed by atoms with E-state index in [1.807, 2.05) is 0 Å². The van der Waals surface area contributed by atoms with Crippen molar-refractivity contribution in [3.8, 4) is 5.75 Å². The van der Waals surface area contributed by atoms with E-state index in [1.165, 1.54) is 5.30 Å². The first-order valence-corrected chi connectivity index (χ1v) is 9.80. The summed E-state index contributed by atoms with van der Waals surface area (Å²) in [5, 5.41) is 4.51. The maximum atomic E-state index is 5.34. The second-order valence-electron chi connectivity index (χ2n) is 6.53. The molecule has 0 heterocycles. The molecular weight excluding hydrogens is 313 g/mol. The van der Waals surface area contributed by atoms with Crippen molar-refractivity contribution in [3.63, 3.8) is 0 Å². The maximum absolute atomic E-state index is 5.34. The zero-order valence-electron chi connectivity index (χ0n) is 14.9. The van der Waals surface area contributed by atoms with Gasteiger partial charge >= 0.3 is 0 Å². The predicted octanol–water partition coefficient (Wildman–Crippen LogP) is 4.67. The van der Waals surface area contributed by atoms with Gasteiger partial charge in [-0.2, -0.15) is 0 Å². The Kier molecular flexibility index (Phi) is 5.38. The first-order chi connectivity index (χ1) is 11.6. The summed E-state index contributed by atoms with van der Waals surface area (Å²) >= 11 is 0. The van der Waals surface area contributed by atoms with Crippen molar-refractivity contribution < 1.29 is 4.74 Å². The zero-order chi connectivity index (χ0) is 17.1. The molecule has 0 aliphatic heterocycles. The highest BCUT2D eigenvalue weighted by atomic mass is 31.1. The van der Waals surface area contributed by atoms with E-state index in [1.54, 1.807) is 17.7 Å². The van der Waals surface area contributed by atoms with Crippen molar-refractivity contribution in [2.24, 2.45) is 5.92 Å². The van der Waals surface area contributed by atoms with E-state index in [2.05, 4.69) is 86.6 Å². The number of hydrogen-bond acceptors (Lipinski definition) is 2. The van der Waals surface area contributed by atoms with E-state index in [0.717, 1.165) is 12.2 Å². The topological polar surface area (TPSA) is 12.5 Å². The van der Waals surface area contributed by atoms with Gasteiger partial charge in [-0.25, -0.2) is 0 Å². The van der Waals surface area contributed by atoms with Crippen LogP contribution in [0.15, 0.2) is 71.3 Å². The summed E-state index contributed by atoms with van der Waals surface area (Å²) < 4.78 is 5.34. The normalized spacial score (nSPS) is 21.8. The fraction of sp³-hybridized carbons (Fsp3) is 0.333. The SMILES string of the molecule is COc1ccc(P(C2=CC=CC2)C2=CC=C[C@H]2[C@@H](C)N(C)C)cc1. The molecule has 3 heteroatoms. The third-order valence-corrected chi connectivity index (χ3v) is 7.57. The van der Waals surface area contributed by atoms with Crippen molar-refractivity contribution in [2.75, 3.05) is 21.2 Å². The molecule has 1 aromatic rings. The quantitative estimate of drug-likeness (QED) is 0.699. The first-order valence-electron chi connectivity index (χ1n) is 8.46. The lowest BCUT2D eigenvalue weighted by Gasteiger charge is -2.32. The molecule has 0 fully saturated rings. The van der Waals surface area contributed by atoms with Crippen molar-refractivity contribution in [2.45, 2.75) is 19.4 Å². The highest BCUT2D eigenvalue weighted by Gasteiger charge is 2.31. The molecule has 0 N–H and O–H groups in total. The molecule has 24 heavy (non-hydrogen) atoms. The molecule has 1 aromatic carbocycles. The summed E-state index contributed by atoms with van der Waals surface area (Å²) in [6, 6.07) is 9.13. The molecule has 2 aliphatic carbocycles. The zero-order valence-corrected chi connectivity index (χ0v) is 15.8. The Morgan fingerprint density at radius 1 is 1.12 bits per heavy atom. The Labute approximate surface area is 147 Å². The van der Waals surface area contributed by atoms with Gasteiger partial charge in [0.25, 0.3) is 0 Å². The Bertz CT molecular complexity index is 697. The molecule has 3 atom stereocenters. The summed E-state index contributed by atoms with van der Waals surface area (Å²) in [5.41, 5.74) is 0. The highest BCUT2D eigenvalue weighted by Crippen LogP contribution is 2.58. The minimum atomic E-state index is -0.457. The Hall–Kier alpha value is -1.63. The van der Waals surface area contributed by atoms with Gasteiger partial charge in [-0.15, -0.1) is 0 Å². The summed E-state index contributed by atoms with van der Waals surface area (Å²) in [6.07, 6.45) is 14.8. The molecule has 0 radical (unpaired) electrons. The van der Waals surface area contributed by atoms with E-state index in [0.29, 0.717) is 12.0 Å². The lowest BCUT2D eigenvalue weighted by Crippen LogP contribution is -2.32. The van der Waals surface area contributed by atoms with Crippen LogP contribution in [0.3, 0.4) is 0 Å². The van der Waals surface area contributed by atoms with Crippen molar-refractivity contribution in [3.05, 3.63) is 71.3 Å². The molecule has 0 spiro atoms. The minimum Gasteiger partial charge on any atom is -0.497 e. The van der Waals surface area contributed by atoms with Gasteiger partial charge in [0.2, 0.25) is 0 Å². The van der Waals surface area contributed by atoms with Crippen LogP contribution >= 0.6 is 7.92 Å². The second kappa shape index (κ2) is 7.51. The standard InChI is InChI=1S/C21H26NOP/c1-16(22(2)3)20-10-7-11-21(20)24(18-8-5-6-9-18)19-14-12-17(23-4)13-15-19/h5-8,10-16,20H,9H2,1-4H3/t16-,20+,24?/m1/s1. The van der Waals surface area contributed by atoms with Crippen molar-refractivity contribution in [1.29, 1.82) is 0 Å². The third kappa shape index (κ3) is 3.41. The van der Waals surface area contributed by atoms with Crippen LogP contribution in [-0.2, 0) is 0 Å². The summed E-state index contributed by atoms with van der Waals surface area (Å²) in [7, 11) is 5.60. The third-order valence-electron chi connectivity index (χ3n) is 4.89. The average Bonchev–Trinajstić information content (AvgIpc) is 3.27. The number of benzene rings is 1. The first kappa shape index (κ1) is 17.2. The highest BCUT2D eigenvalue weighted by molar-refractivity contribution is 7.73. The number of allylic oxidation sites excluding steroid dienone is 6. The van der Waals surface area contributed by atoms with Gasteiger partial charge in [0.05, 0.1) is 7.11 Å². The molecular formula is C21H26NOP. The lowest BCUT2D eigenvalue weighted by molar-refractivity contribution is 0.281. The molecule has 2 aliphatic rings. The van der Waals surface area contributed by atoms with Gasteiger partial charge in [0.15, 0.2) is 0 Å². The van der Waals surface area contributed by atoms with E-state index in [4.69, 9.17) is 4.74 Å². The van der Waals surface area contributed by atoms with E-state index >= 15 is 0 Å². The van der Waals surface area contributed by atoms with E-state index in [9.17, 15) is 0 Å². The van der Waals surface area contributed by atoms with Crippen LogP contribution in [0.2, 0.25) is 0 Å². The molecule has 0 bridgehead atoms.